The minimum atomic E-state index is -0.542. The molecule has 1 fully saturated rings. The van der Waals surface area contributed by atoms with Crippen LogP contribution in [-0.2, 0) is 4.74 Å². The molecule has 10 heteroatoms. The number of piperidine rings is 1. The van der Waals surface area contributed by atoms with Crippen LogP contribution in [0.5, 0.6) is 0 Å². The van der Waals surface area contributed by atoms with Crippen LogP contribution in [0.3, 0.4) is 0 Å². The molecule has 166 valence electrons. The van der Waals surface area contributed by atoms with E-state index in [9.17, 15) is 9.18 Å². The van der Waals surface area contributed by atoms with Gasteiger partial charge in [0.15, 0.2) is 22.7 Å². The highest BCUT2D eigenvalue weighted by atomic mass is 19.1. The molecular weight excluding hydrogens is 413 g/mol. The second-order valence-electron chi connectivity index (χ2n) is 8.65. The van der Waals surface area contributed by atoms with E-state index >= 15 is 0 Å². The van der Waals surface area contributed by atoms with Crippen LogP contribution in [0.15, 0.2) is 30.9 Å². The number of rotatable bonds is 3. The number of fused-ring (bicyclic) bond motifs is 1. The molecule has 0 saturated carbocycles. The van der Waals surface area contributed by atoms with E-state index in [0.717, 1.165) is 12.8 Å². The van der Waals surface area contributed by atoms with Crippen LogP contribution in [0.2, 0.25) is 0 Å². The Kier molecular flexibility index (Phi) is 5.65. The first-order chi connectivity index (χ1) is 15.2. The van der Waals surface area contributed by atoms with E-state index in [1.54, 1.807) is 11.2 Å². The second kappa shape index (κ2) is 8.42. The van der Waals surface area contributed by atoms with Crippen molar-refractivity contribution in [2.75, 3.05) is 18.4 Å². The number of anilines is 2. The Bertz CT molecular complexity index is 1190. The molecule has 2 aromatic heterocycles. The zero-order chi connectivity index (χ0) is 22.9. The summed E-state index contributed by atoms with van der Waals surface area (Å²) in [6, 6.07) is 4.33. The lowest BCUT2D eigenvalue weighted by atomic mass is 10.1. The predicted octanol–water partition coefficient (Wildman–Crippen LogP) is 4.83. The molecule has 1 N–H and O–H groups in total. The normalized spacial score (nSPS) is 14.9. The number of aromatic nitrogens is 4. The SMILES string of the molecule is [C-]#[N+]c1ccc(Nc2ncnc3c2ncn3C2CCN(C(=O)OC(C)(C)C)CC2)c(F)c1. The number of nitrogens with zero attached hydrogens (tertiary/aromatic N) is 6. The van der Waals surface area contributed by atoms with Gasteiger partial charge in [-0.2, -0.15) is 0 Å². The number of imidazole rings is 1. The summed E-state index contributed by atoms with van der Waals surface area (Å²) in [4.78, 5) is 30.3. The first-order valence-electron chi connectivity index (χ1n) is 10.3. The van der Waals surface area contributed by atoms with Crippen molar-refractivity contribution < 1.29 is 13.9 Å². The highest BCUT2D eigenvalue weighted by Gasteiger charge is 2.28. The summed E-state index contributed by atoms with van der Waals surface area (Å²) in [5.74, 6) is -0.159. The van der Waals surface area contributed by atoms with Crippen molar-refractivity contribution in [1.29, 1.82) is 0 Å². The zero-order valence-corrected chi connectivity index (χ0v) is 18.2. The number of carbonyl (C=O) groups excluding carboxylic acids is 1. The van der Waals surface area contributed by atoms with Gasteiger partial charge < -0.3 is 19.5 Å². The number of benzene rings is 1. The van der Waals surface area contributed by atoms with E-state index in [1.165, 1.54) is 24.5 Å². The molecule has 4 rings (SSSR count). The highest BCUT2D eigenvalue weighted by molar-refractivity contribution is 5.85. The third-order valence-corrected chi connectivity index (χ3v) is 5.20. The van der Waals surface area contributed by atoms with Gasteiger partial charge in [-0.25, -0.2) is 29.0 Å². The Labute approximate surface area is 185 Å². The molecule has 3 aromatic rings. The quantitative estimate of drug-likeness (QED) is 0.590. The van der Waals surface area contributed by atoms with E-state index in [0.29, 0.717) is 30.1 Å². The third kappa shape index (κ3) is 4.46. The van der Waals surface area contributed by atoms with Crippen molar-refractivity contribution in [2.45, 2.75) is 45.3 Å². The van der Waals surface area contributed by atoms with E-state index in [1.807, 2.05) is 25.3 Å². The van der Waals surface area contributed by atoms with Crippen LogP contribution in [-0.4, -0.2) is 49.2 Å². The fraction of sp³-hybridized carbons (Fsp3) is 0.409. The molecule has 0 radical (unpaired) electrons. The lowest BCUT2D eigenvalue weighted by Crippen LogP contribution is -2.42. The molecule has 9 nitrogen and oxygen atoms in total. The summed E-state index contributed by atoms with van der Waals surface area (Å²) in [5, 5.41) is 2.95. The summed E-state index contributed by atoms with van der Waals surface area (Å²) in [6.07, 6.45) is 4.29. The summed E-state index contributed by atoms with van der Waals surface area (Å²) in [6.45, 7) is 13.7. The predicted molar refractivity (Wildman–Crippen MR) is 117 cm³/mol. The van der Waals surface area contributed by atoms with Crippen LogP contribution in [0, 0.1) is 12.4 Å². The van der Waals surface area contributed by atoms with Crippen molar-refractivity contribution in [2.24, 2.45) is 0 Å². The number of nitrogens with one attached hydrogen (secondary N) is 1. The maximum atomic E-state index is 14.3. The Balaban J connectivity index is 1.51. The number of halogens is 1. The molecule has 0 unspecified atom stereocenters. The monoisotopic (exact) mass is 437 g/mol. The largest absolute Gasteiger partial charge is 0.444 e. The molecule has 0 spiro atoms. The van der Waals surface area contributed by atoms with Crippen molar-refractivity contribution in [3.63, 3.8) is 0 Å². The molecule has 0 atom stereocenters. The Morgan fingerprint density at radius 1 is 1.25 bits per heavy atom. The lowest BCUT2D eigenvalue weighted by Gasteiger charge is -2.33. The average molecular weight is 437 g/mol. The second-order valence-corrected chi connectivity index (χ2v) is 8.65. The van der Waals surface area contributed by atoms with E-state index in [-0.39, 0.29) is 23.5 Å². The Hall–Kier alpha value is -3.74. The summed E-state index contributed by atoms with van der Waals surface area (Å²) < 4.78 is 21.7. The minimum absolute atomic E-state index is 0.121. The Morgan fingerprint density at radius 2 is 2.00 bits per heavy atom. The number of hydrogen-bond donors (Lipinski definition) is 1. The van der Waals surface area contributed by atoms with Gasteiger partial charge >= 0.3 is 6.09 Å². The molecule has 1 amide bonds. The van der Waals surface area contributed by atoms with Crippen LogP contribution in [0.25, 0.3) is 16.0 Å². The van der Waals surface area contributed by atoms with Gasteiger partial charge in [0, 0.05) is 19.1 Å². The molecule has 1 aromatic carbocycles. The van der Waals surface area contributed by atoms with Crippen LogP contribution in [0.4, 0.5) is 26.4 Å². The molecule has 1 aliphatic heterocycles. The molecule has 1 aliphatic rings. The number of amides is 1. The molecule has 32 heavy (non-hydrogen) atoms. The van der Waals surface area contributed by atoms with Crippen LogP contribution >= 0.6 is 0 Å². The number of hydrogen-bond acceptors (Lipinski definition) is 6. The van der Waals surface area contributed by atoms with Crippen molar-refractivity contribution in [1.82, 2.24) is 24.4 Å². The lowest BCUT2D eigenvalue weighted by molar-refractivity contribution is 0.0189. The average Bonchev–Trinajstić information content (AvgIpc) is 3.19. The fourth-order valence-electron chi connectivity index (χ4n) is 3.67. The first-order valence-corrected chi connectivity index (χ1v) is 10.3. The summed E-state index contributed by atoms with van der Waals surface area (Å²) >= 11 is 0. The van der Waals surface area contributed by atoms with Gasteiger partial charge in [-0.05, 0) is 45.7 Å². The minimum Gasteiger partial charge on any atom is -0.444 e. The van der Waals surface area contributed by atoms with Crippen LogP contribution < -0.4 is 5.32 Å². The number of likely N-dealkylation sites (tertiary alicyclic amines) is 1. The first kappa shape index (κ1) is 21.5. The van der Waals surface area contributed by atoms with Crippen molar-refractivity contribution >= 4 is 34.4 Å². The van der Waals surface area contributed by atoms with Crippen LogP contribution in [0.1, 0.15) is 39.7 Å². The van der Waals surface area contributed by atoms with E-state index in [2.05, 4.69) is 25.1 Å². The van der Waals surface area contributed by atoms with Gasteiger partial charge in [0.1, 0.15) is 17.7 Å². The maximum Gasteiger partial charge on any atom is 0.410 e. The molecule has 1 saturated heterocycles. The molecular formula is C22H24FN7O2. The third-order valence-electron chi connectivity index (χ3n) is 5.20. The smallest absolute Gasteiger partial charge is 0.410 e. The summed E-state index contributed by atoms with van der Waals surface area (Å²) in [5.41, 5.74) is 1.07. The summed E-state index contributed by atoms with van der Waals surface area (Å²) in [7, 11) is 0. The molecule has 0 aliphatic carbocycles. The van der Waals surface area contributed by atoms with E-state index < -0.39 is 11.4 Å². The Morgan fingerprint density at radius 3 is 2.66 bits per heavy atom. The topological polar surface area (TPSA) is 89.5 Å². The highest BCUT2D eigenvalue weighted by Crippen LogP contribution is 2.30. The van der Waals surface area contributed by atoms with Gasteiger partial charge in [0.25, 0.3) is 0 Å². The molecule has 3 heterocycles. The van der Waals surface area contributed by atoms with Gasteiger partial charge in [-0.3, -0.25) is 0 Å². The van der Waals surface area contributed by atoms with Crippen molar-refractivity contribution in [3.8, 4) is 0 Å². The zero-order valence-electron chi connectivity index (χ0n) is 18.2. The van der Waals surface area contributed by atoms with Crippen molar-refractivity contribution in [3.05, 3.63) is 48.1 Å². The van der Waals surface area contributed by atoms with Gasteiger partial charge in [-0.15, -0.1) is 0 Å². The number of ether oxygens (including phenoxy) is 1. The van der Waals surface area contributed by atoms with E-state index in [4.69, 9.17) is 11.3 Å². The number of carbonyl (C=O) groups is 1. The molecule has 0 bridgehead atoms. The van der Waals surface area contributed by atoms with Gasteiger partial charge in [0.2, 0.25) is 0 Å². The fourth-order valence-corrected chi connectivity index (χ4v) is 3.67. The standard InChI is InChI=1S/C22H24FN7O2/c1-22(2,3)32-21(31)29-9-7-15(8-10-29)30-13-27-18-19(25-12-26-20(18)30)28-17-6-5-14(24-4)11-16(17)23/h5-6,11-13,15H,7-10H2,1-3H3,(H,25,26,28). The maximum absolute atomic E-state index is 14.3. The van der Waals surface area contributed by atoms with Gasteiger partial charge in [-0.1, -0.05) is 6.07 Å². The van der Waals surface area contributed by atoms with Gasteiger partial charge in [0.05, 0.1) is 18.6 Å².